The number of amides is 1. The Kier molecular flexibility index (Phi) is 9.04. The van der Waals surface area contributed by atoms with Gasteiger partial charge < -0.3 is 26.0 Å². The van der Waals surface area contributed by atoms with Crippen molar-refractivity contribution in [2.75, 3.05) is 13.1 Å². The largest absolute Gasteiger partial charge is 0.508 e. The Bertz CT molecular complexity index is 1130. The minimum atomic E-state index is -0.786. The van der Waals surface area contributed by atoms with Gasteiger partial charge in [0.1, 0.15) is 5.75 Å². The van der Waals surface area contributed by atoms with Gasteiger partial charge in [0.25, 0.3) is 5.91 Å². The number of carbonyl (C=O) groups is 1. The van der Waals surface area contributed by atoms with Gasteiger partial charge in [0.05, 0.1) is 12.7 Å². The molecule has 6 nitrogen and oxygen atoms in total. The highest BCUT2D eigenvalue weighted by molar-refractivity contribution is 5.94. The maximum Gasteiger partial charge on any atom is 0.251 e. The zero-order valence-corrected chi connectivity index (χ0v) is 20.7. The second-order valence-corrected chi connectivity index (χ2v) is 9.70. The number of aliphatic hydroxyl groups is 2. The molecule has 0 spiro atoms. The van der Waals surface area contributed by atoms with Gasteiger partial charge in [0.15, 0.2) is 0 Å². The van der Waals surface area contributed by atoms with Crippen LogP contribution in [0.3, 0.4) is 0 Å². The lowest BCUT2D eigenvalue weighted by molar-refractivity contribution is 0.0954. The average Bonchev–Trinajstić information content (AvgIpc) is 2.84. The van der Waals surface area contributed by atoms with Crippen molar-refractivity contribution in [3.8, 4) is 5.75 Å². The topological polar surface area (TPSA) is 102 Å². The minimum absolute atomic E-state index is 0.0100. The van der Waals surface area contributed by atoms with E-state index in [1.807, 2.05) is 38.1 Å². The molecule has 5 N–H and O–H groups in total. The van der Waals surface area contributed by atoms with Crippen LogP contribution in [-0.4, -0.2) is 39.9 Å². The van der Waals surface area contributed by atoms with Crippen LogP contribution in [-0.2, 0) is 19.4 Å². The molecule has 1 atom stereocenters. The quantitative estimate of drug-likeness (QED) is 0.290. The van der Waals surface area contributed by atoms with Gasteiger partial charge in [-0.1, -0.05) is 48.0 Å². The van der Waals surface area contributed by atoms with Crippen LogP contribution in [0.25, 0.3) is 0 Å². The van der Waals surface area contributed by atoms with E-state index in [1.165, 1.54) is 17.2 Å². The van der Waals surface area contributed by atoms with E-state index < -0.39 is 6.10 Å². The molecule has 0 aliphatic heterocycles. The molecule has 6 heteroatoms. The van der Waals surface area contributed by atoms with E-state index in [9.17, 15) is 20.1 Å². The van der Waals surface area contributed by atoms with Crippen molar-refractivity contribution >= 4 is 5.91 Å². The molecule has 0 saturated heterocycles. The van der Waals surface area contributed by atoms with Crippen molar-refractivity contribution in [1.29, 1.82) is 0 Å². The summed E-state index contributed by atoms with van der Waals surface area (Å²) in [6.07, 6.45) is 0.666. The number of rotatable bonds is 11. The number of aryl methyl sites for hydroxylation is 1. The third kappa shape index (κ3) is 7.92. The van der Waals surface area contributed by atoms with Gasteiger partial charge in [-0.05, 0) is 74.6 Å². The summed E-state index contributed by atoms with van der Waals surface area (Å²) in [5, 5.41) is 36.0. The van der Waals surface area contributed by atoms with Crippen LogP contribution >= 0.6 is 0 Å². The van der Waals surface area contributed by atoms with Gasteiger partial charge in [0, 0.05) is 29.8 Å². The molecule has 0 aliphatic rings. The fourth-order valence-electron chi connectivity index (χ4n) is 4.00. The van der Waals surface area contributed by atoms with Crippen molar-refractivity contribution in [1.82, 2.24) is 10.6 Å². The van der Waals surface area contributed by atoms with Gasteiger partial charge in [-0.25, -0.2) is 0 Å². The second-order valence-electron chi connectivity index (χ2n) is 9.70. The molecule has 1 amide bonds. The molecule has 35 heavy (non-hydrogen) atoms. The Morgan fingerprint density at radius 1 is 1.00 bits per heavy atom. The second kappa shape index (κ2) is 12.0. The van der Waals surface area contributed by atoms with E-state index >= 15 is 0 Å². The Hall–Kier alpha value is -3.19. The Balaban J connectivity index is 1.53. The number of aliphatic hydroxyl groups excluding tert-OH is 2. The maximum atomic E-state index is 12.7. The number of nitrogens with one attached hydrogen (secondary N) is 2. The summed E-state index contributed by atoms with van der Waals surface area (Å²) < 4.78 is 0. The fraction of sp³-hybridized carbons (Fsp3) is 0.345. The average molecular weight is 477 g/mol. The molecule has 0 aliphatic carbocycles. The summed E-state index contributed by atoms with van der Waals surface area (Å²) >= 11 is 0. The summed E-state index contributed by atoms with van der Waals surface area (Å²) in [7, 11) is 0. The van der Waals surface area contributed by atoms with E-state index in [-0.39, 0.29) is 23.8 Å². The molecule has 0 heterocycles. The number of hydrogen-bond acceptors (Lipinski definition) is 5. The normalized spacial score (nSPS) is 12.4. The molecule has 3 rings (SSSR count). The summed E-state index contributed by atoms with van der Waals surface area (Å²) in [4.78, 5) is 12.7. The smallest absolute Gasteiger partial charge is 0.251 e. The van der Waals surface area contributed by atoms with E-state index in [4.69, 9.17) is 0 Å². The van der Waals surface area contributed by atoms with Crippen molar-refractivity contribution in [3.63, 3.8) is 0 Å². The van der Waals surface area contributed by atoms with Crippen molar-refractivity contribution in [2.24, 2.45) is 0 Å². The van der Waals surface area contributed by atoms with Crippen LogP contribution in [0.1, 0.15) is 58.1 Å². The zero-order valence-electron chi connectivity index (χ0n) is 20.7. The number of benzene rings is 3. The molecule has 3 aromatic rings. The summed E-state index contributed by atoms with van der Waals surface area (Å²) in [6.45, 7) is 6.74. The van der Waals surface area contributed by atoms with Crippen molar-refractivity contribution in [2.45, 2.75) is 51.9 Å². The molecule has 186 valence electrons. The highest BCUT2D eigenvalue weighted by atomic mass is 16.3. The maximum absolute atomic E-state index is 12.7. The van der Waals surface area contributed by atoms with Crippen LogP contribution < -0.4 is 10.6 Å². The van der Waals surface area contributed by atoms with Crippen molar-refractivity contribution < 1.29 is 20.1 Å². The van der Waals surface area contributed by atoms with Gasteiger partial charge in [-0.15, -0.1) is 0 Å². The number of carbonyl (C=O) groups excluding carboxylic acids is 1. The van der Waals surface area contributed by atoms with E-state index in [0.717, 1.165) is 12.0 Å². The molecule has 1 unspecified atom stereocenters. The SMILES string of the molecule is Cc1ccc(CCNC(=O)c2cccc(CC(C)(C)NCC(O)c3ccc(O)c(CO)c3)c2)cc1. The first-order valence-electron chi connectivity index (χ1n) is 12.0. The number of aromatic hydroxyl groups is 1. The van der Waals surface area contributed by atoms with Crippen LogP contribution in [0, 0.1) is 6.92 Å². The van der Waals surface area contributed by atoms with Crippen LogP contribution in [0.2, 0.25) is 0 Å². The van der Waals surface area contributed by atoms with E-state index in [1.54, 1.807) is 12.1 Å². The molecule has 3 aromatic carbocycles. The fourth-order valence-corrected chi connectivity index (χ4v) is 4.00. The number of hydrogen-bond donors (Lipinski definition) is 5. The molecule has 0 radical (unpaired) electrons. The first kappa shape index (κ1) is 26.4. The van der Waals surface area contributed by atoms with Gasteiger partial charge in [-0.2, -0.15) is 0 Å². The highest BCUT2D eigenvalue weighted by Gasteiger charge is 2.21. The minimum Gasteiger partial charge on any atom is -0.508 e. The standard InChI is InChI=1S/C29H36N2O4/c1-20-7-9-21(10-8-20)13-14-30-28(35)24-6-4-5-22(15-24)17-29(2,3)31-18-27(34)23-11-12-26(33)25(16-23)19-32/h4-12,15-16,27,31-34H,13-14,17-19H2,1-3H3,(H,30,35). The number of phenols is 1. The van der Waals surface area contributed by atoms with E-state index in [2.05, 4.69) is 41.8 Å². The van der Waals surface area contributed by atoms with Crippen LogP contribution in [0.4, 0.5) is 0 Å². The lowest BCUT2D eigenvalue weighted by Crippen LogP contribution is -2.43. The van der Waals surface area contributed by atoms with E-state index in [0.29, 0.717) is 36.2 Å². The third-order valence-electron chi connectivity index (χ3n) is 6.09. The van der Waals surface area contributed by atoms with Crippen molar-refractivity contribution in [3.05, 3.63) is 100 Å². The monoisotopic (exact) mass is 476 g/mol. The Morgan fingerprint density at radius 2 is 1.74 bits per heavy atom. The first-order valence-corrected chi connectivity index (χ1v) is 12.0. The lowest BCUT2D eigenvalue weighted by atomic mass is 9.93. The Morgan fingerprint density at radius 3 is 2.46 bits per heavy atom. The highest BCUT2D eigenvalue weighted by Crippen LogP contribution is 2.23. The molecular formula is C29H36N2O4. The van der Waals surface area contributed by atoms with Crippen LogP contribution in [0.5, 0.6) is 5.75 Å². The summed E-state index contributed by atoms with van der Waals surface area (Å²) in [5.74, 6) is -0.0806. The zero-order chi connectivity index (χ0) is 25.4. The van der Waals surface area contributed by atoms with Gasteiger partial charge in [0.2, 0.25) is 0 Å². The predicted octanol–water partition coefficient (Wildman–Crippen LogP) is 3.81. The number of β-amino-alcohol motifs (C(OH)–C–C–N with tert-alkyl or cyclic N) is 1. The molecule has 0 aromatic heterocycles. The first-order chi connectivity index (χ1) is 16.7. The lowest BCUT2D eigenvalue weighted by Gasteiger charge is -2.28. The van der Waals surface area contributed by atoms with Crippen LogP contribution in [0.15, 0.2) is 66.7 Å². The Labute approximate surface area is 207 Å². The van der Waals surface area contributed by atoms with Gasteiger partial charge in [-0.3, -0.25) is 4.79 Å². The third-order valence-corrected chi connectivity index (χ3v) is 6.09. The molecular weight excluding hydrogens is 440 g/mol. The predicted molar refractivity (Wildman–Crippen MR) is 138 cm³/mol. The van der Waals surface area contributed by atoms with Gasteiger partial charge >= 0.3 is 0 Å². The molecule has 0 fully saturated rings. The molecule has 0 bridgehead atoms. The summed E-state index contributed by atoms with van der Waals surface area (Å²) in [5.41, 5.74) is 4.74. The summed E-state index contributed by atoms with van der Waals surface area (Å²) in [6, 6.07) is 20.7. The molecule has 0 saturated carbocycles.